The molecule has 0 unspecified atom stereocenters. The second kappa shape index (κ2) is 10.4. The lowest BCUT2D eigenvalue weighted by atomic mass is 10.1. The van der Waals surface area contributed by atoms with E-state index >= 15 is 0 Å². The van der Waals surface area contributed by atoms with Gasteiger partial charge in [-0.15, -0.1) is 0 Å². The Labute approximate surface area is 178 Å². The van der Waals surface area contributed by atoms with Crippen molar-refractivity contribution >= 4 is 23.4 Å². The zero-order valence-corrected chi connectivity index (χ0v) is 16.8. The molecular weight excluding hydrogens is 408 g/mol. The molecular formula is C22H21F2N3O4. The first-order valence-corrected chi connectivity index (χ1v) is 9.49. The number of hydrogen-bond donors (Lipinski definition) is 1. The van der Waals surface area contributed by atoms with Crippen LogP contribution in [0.5, 0.6) is 11.5 Å². The maximum absolute atomic E-state index is 12.5. The molecule has 1 N–H and O–H groups in total. The molecule has 2 aromatic rings. The van der Waals surface area contributed by atoms with Crippen molar-refractivity contribution in [3.8, 4) is 17.6 Å². The van der Waals surface area contributed by atoms with E-state index in [1.807, 2.05) is 18.2 Å². The molecule has 162 valence electrons. The molecule has 0 radical (unpaired) electrons. The van der Waals surface area contributed by atoms with Gasteiger partial charge in [-0.3, -0.25) is 4.79 Å². The number of anilines is 2. The van der Waals surface area contributed by atoms with Crippen LogP contribution in [-0.2, 0) is 9.53 Å². The molecule has 1 aliphatic heterocycles. The van der Waals surface area contributed by atoms with Gasteiger partial charge in [0.25, 0.3) is 5.91 Å². The van der Waals surface area contributed by atoms with Crippen LogP contribution in [-0.4, -0.2) is 45.9 Å². The molecule has 0 saturated carbocycles. The lowest BCUT2D eigenvalue weighted by Crippen LogP contribution is -2.36. The number of hydrogen-bond acceptors (Lipinski definition) is 6. The number of ether oxygens (including phenoxy) is 3. The minimum Gasteiger partial charge on any atom is -0.493 e. The number of halogens is 2. The summed E-state index contributed by atoms with van der Waals surface area (Å²) in [7, 11) is 1.31. The summed E-state index contributed by atoms with van der Waals surface area (Å²) in [4.78, 5) is 14.7. The average Bonchev–Trinajstić information content (AvgIpc) is 2.79. The van der Waals surface area contributed by atoms with Crippen molar-refractivity contribution in [2.24, 2.45) is 0 Å². The second-order valence-corrected chi connectivity index (χ2v) is 6.56. The molecule has 2 aromatic carbocycles. The highest BCUT2D eigenvalue weighted by molar-refractivity contribution is 6.09. The fraction of sp³-hybridized carbons (Fsp3) is 0.273. The first-order chi connectivity index (χ1) is 15.0. The number of carbonyl (C=O) groups is 1. The molecule has 0 aliphatic carbocycles. The number of nitriles is 1. The number of morpholine rings is 1. The summed E-state index contributed by atoms with van der Waals surface area (Å²) in [6.45, 7) is -0.0377. The van der Waals surface area contributed by atoms with E-state index in [2.05, 4.69) is 15.0 Å². The van der Waals surface area contributed by atoms with Gasteiger partial charge >= 0.3 is 6.61 Å². The van der Waals surface area contributed by atoms with E-state index in [-0.39, 0.29) is 17.1 Å². The van der Waals surface area contributed by atoms with Gasteiger partial charge in [0, 0.05) is 24.5 Å². The molecule has 1 saturated heterocycles. The quantitative estimate of drug-likeness (QED) is 0.534. The Balaban J connectivity index is 1.71. The van der Waals surface area contributed by atoms with E-state index in [1.165, 1.54) is 31.4 Å². The Morgan fingerprint density at radius 1 is 1.19 bits per heavy atom. The Bertz CT molecular complexity index is 981. The maximum Gasteiger partial charge on any atom is 0.387 e. The summed E-state index contributed by atoms with van der Waals surface area (Å²) < 4.78 is 39.6. The molecule has 0 bridgehead atoms. The number of nitrogens with zero attached hydrogens (tertiary/aromatic N) is 2. The van der Waals surface area contributed by atoms with Crippen molar-refractivity contribution in [3.63, 3.8) is 0 Å². The lowest BCUT2D eigenvalue weighted by molar-refractivity contribution is -0.112. The number of methoxy groups -OCH3 is 1. The van der Waals surface area contributed by atoms with E-state index in [0.29, 0.717) is 24.5 Å². The number of nitrogens with one attached hydrogen (secondary N) is 1. The number of alkyl halides is 2. The smallest absolute Gasteiger partial charge is 0.387 e. The second-order valence-electron chi connectivity index (χ2n) is 6.56. The normalized spacial score (nSPS) is 14.2. The Morgan fingerprint density at radius 2 is 1.90 bits per heavy atom. The molecule has 1 aliphatic rings. The molecule has 0 aromatic heterocycles. The van der Waals surface area contributed by atoms with Gasteiger partial charge in [0.05, 0.1) is 20.3 Å². The summed E-state index contributed by atoms with van der Waals surface area (Å²) in [5.74, 6) is -0.670. The summed E-state index contributed by atoms with van der Waals surface area (Å²) in [6.07, 6.45) is 1.34. The highest BCUT2D eigenvalue weighted by Gasteiger charge is 2.14. The molecule has 0 spiro atoms. The predicted molar refractivity (Wildman–Crippen MR) is 111 cm³/mol. The van der Waals surface area contributed by atoms with Crippen LogP contribution in [0.3, 0.4) is 0 Å². The summed E-state index contributed by atoms with van der Waals surface area (Å²) in [5.41, 5.74) is 1.84. The molecule has 1 amide bonds. The number of carbonyl (C=O) groups excluding carboxylic acids is 1. The van der Waals surface area contributed by atoms with Gasteiger partial charge in [0.1, 0.15) is 11.6 Å². The molecule has 7 nitrogen and oxygen atoms in total. The van der Waals surface area contributed by atoms with Gasteiger partial charge in [0.2, 0.25) is 0 Å². The van der Waals surface area contributed by atoms with E-state index in [4.69, 9.17) is 9.47 Å². The van der Waals surface area contributed by atoms with Crippen LogP contribution in [0, 0.1) is 11.3 Å². The zero-order valence-electron chi connectivity index (χ0n) is 16.8. The molecule has 1 fully saturated rings. The first-order valence-electron chi connectivity index (χ1n) is 9.49. The van der Waals surface area contributed by atoms with Crippen LogP contribution < -0.4 is 19.7 Å². The zero-order chi connectivity index (χ0) is 22.2. The van der Waals surface area contributed by atoms with Crippen molar-refractivity contribution in [2.45, 2.75) is 6.61 Å². The van der Waals surface area contributed by atoms with E-state index in [9.17, 15) is 18.8 Å². The number of rotatable bonds is 7. The van der Waals surface area contributed by atoms with Crippen LogP contribution in [0.4, 0.5) is 20.2 Å². The van der Waals surface area contributed by atoms with E-state index in [1.54, 1.807) is 12.1 Å². The third-order valence-corrected chi connectivity index (χ3v) is 4.58. The third-order valence-electron chi connectivity index (χ3n) is 4.58. The number of amides is 1. The highest BCUT2D eigenvalue weighted by atomic mass is 19.3. The molecule has 9 heteroatoms. The van der Waals surface area contributed by atoms with Crippen molar-refractivity contribution in [1.82, 2.24) is 0 Å². The fourth-order valence-electron chi connectivity index (χ4n) is 3.06. The van der Waals surface area contributed by atoms with Gasteiger partial charge in [-0.2, -0.15) is 14.0 Å². The largest absolute Gasteiger partial charge is 0.493 e. The van der Waals surface area contributed by atoms with Gasteiger partial charge in [0.15, 0.2) is 11.5 Å². The lowest BCUT2D eigenvalue weighted by Gasteiger charge is -2.28. The van der Waals surface area contributed by atoms with Crippen LogP contribution in [0.15, 0.2) is 48.0 Å². The van der Waals surface area contributed by atoms with E-state index < -0.39 is 12.5 Å². The molecule has 1 heterocycles. The Kier molecular flexibility index (Phi) is 7.40. The predicted octanol–water partition coefficient (Wildman–Crippen LogP) is 3.68. The topological polar surface area (TPSA) is 83.8 Å². The monoisotopic (exact) mass is 429 g/mol. The van der Waals surface area contributed by atoms with Crippen molar-refractivity contribution in [2.75, 3.05) is 43.6 Å². The van der Waals surface area contributed by atoms with Crippen LogP contribution in [0.2, 0.25) is 0 Å². The maximum atomic E-state index is 12.5. The Morgan fingerprint density at radius 3 is 2.52 bits per heavy atom. The minimum absolute atomic E-state index is 0.0606. The van der Waals surface area contributed by atoms with Gasteiger partial charge in [-0.05, 0) is 48.0 Å². The van der Waals surface area contributed by atoms with Crippen molar-refractivity contribution in [3.05, 3.63) is 53.6 Å². The van der Waals surface area contributed by atoms with Gasteiger partial charge in [-0.1, -0.05) is 6.07 Å². The van der Waals surface area contributed by atoms with Crippen LogP contribution in [0.1, 0.15) is 5.56 Å². The first kappa shape index (κ1) is 22.1. The standard InChI is InChI=1S/C22H21F2N3O4/c1-29-20-13-15(2-7-19(20)31-22(23)24)12-16(14-25)21(28)26-17-3-5-18(6-4-17)27-8-10-30-11-9-27/h2-7,12-13,22H,8-11H2,1H3,(H,26,28). The van der Waals surface area contributed by atoms with E-state index in [0.717, 1.165) is 18.8 Å². The van der Waals surface area contributed by atoms with Gasteiger partial charge in [-0.25, -0.2) is 0 Å². The molecule has 0 atom stereocenters. The van der Waals surface area contributed by atoms with Crippen LogP contribution >= 0.6 is 0 Å². The number of benzene rings is 2. The van der Waals surface area contributed by atoms with Crippen molar-refractivity contribution in [1.29, 1.82) is 5.26 Å². The fourth-order valence-corrected chi connectivity index (χ4v) is 3.06. The summed E-state index contributed by atoms with van der Waals surface area (Å²) in [6, 6.07) is 13.3. The highest BCUT2D eigenvalue weighted by Crippen LogP contribution is 2.30. The Hall–Kier alpha value is -3.64. The molecule has 31 heavy (non-hydrogen) atoms. The summed E-state index contributed by atoms with van der Waals surface area (Å²) in [5, 5.41) is 12.1. The SMILES string of the molecule is COc1cc(C=C(C#N)C(=O)Nc2ccc(N3CCOCC3)cc2)ccc1OC(F)F. The minimum atomic E-state index is -3.00. The third kappa shape index (κ3) is 5.93. The van der Waals surface area contributed by atoms with Gasteiger partial charge < -0.3 is 24.4 Å². The molecule has 3 rings (SSSR count). The van der Waals surface area contributed by atoms with Crippen LogP contribution in [0.25, 0.3) is 6.08 Å². The van der Waals surface area contributed by atoms with Crippen molar-refractivity contribution < 1.29 is 27.8 Å². The average molecular weight is 429 g/mol. The summed E-state index contributed by atoms with van der Waals surface area (Å²) >= 11 is 0.